The van der Waals surface area contributed by atoms with Crippen LogP contribution in [0.2, 0.25) is 10.0 Å². The molecule has 136 valence electrons. The molecule has 9 heteroatoms. The van der Waals surface area contributed by atoms with Crippen LogP contribution in [0.5, 0.6) is 0 Å². The second-order valence-corrected chi connectivity index (χ2v) is 6.74. The zero-order valence-corrected chi connectivity index (χ0v) is 17.9. The lowest BCUT2D eigenvalue weighted by Crippen LogP contribution is -2.38. The predicted octanol–water partition coefficient (Wildman–Crippen LogP) is 3.45. The van der Waals surface area contributed by atoms with Crippen molar-refractivity contribution in [2.75, 3.05) is 0 Å². The Hall–Kier alpha value is -1.06. The summed E-state index contributed by atoms with van der Waals surface area (Å²) in [6.45, 7) is 2.97. The fraction of sp³-hybridized carbons (Fsp3) is 0.438. The third kappa shape index (κ3) is 5.72. The van der Waals surface area contributed by atoms with Crippen LogP contribution in [0.15, 0.2) is 23.2 Å². The van der Waals surface area contributed by atoms with Crippen molar-refractivity contribution in [3.63, 3.8) is 0 Å². The van der Waals surface area contributed by atoms with Crippen LogP contribution in [0.3, 0.4) is 0 Å². The summed E-state index contributed by atoms with van der Waals surface area (Å²) in [6.07, 6.45) is 2.34. The maximum absolute atomic E-state index is 6.21. The van der Waals surface area contributed by atoms with Gasteiger partial charge in [0.05, 0.1) is 13.1 Å². The number of aliphatic imine (C=N–C) groups is 1. The van der Waals surface area contributed by atoms with Gasteiger partial charge in [-0.15, -0.1) is 34.2 Å². The molecular weight excluding hydrogens is 474 g/mol. The van der Waals surface area contributed by atoms with E-state index in [1.807, 2.05) is 30.7 Å². The normalized spacial score (nSPS) is 14.2. The van der Waals surface area contributed by atoms with Crippen LogP contribution in [0.25, 0.3) is 0 Å². The molecule has 3 rings (SSSR count). The molecule has 0 aliphatic heterocycles. The topological polar surface area (TPSA) is 67.1 Å². The molecule has 1 aromatic heterocycles. The Morgan fingerprint density at radius 2 is 2.08 bits per heavy atom. The molecule has 2 aromatic rings. The second-order valence-electron chi connectivity index (χ2n) is 5.90. The number of halogens is 3. The Bertz CT molecular complexity index is 757. The number of aryl methyl sites for hydroxylation is 1. The van der Waals surface area contributed by atoms with E-state index in [4.69, 9.17) is 23.2 Å². The van der Waals surface area contributed by atoms with E-state index in [9.17, 15) is 0 Å². The highest BCUT2D eigenvalue weighted by atomic mass is 127. The van der Waals surface area contributed by atoms with Crippen LogP contribution < -0.4 is 10.6 Å². The standard InChI is InChI=1S/C16H20Cl2N6.HI/c1-10-22-23-15(24(10)2)9-20-16(21-13-5-6-13)19-8-11-3-4-12(17)7-14(11)18;/h3-4,7,13H,5-6,8-9H2,1-2H3,(H2,19,20,21);1H. The van der Waals surface area contributed by atoms with Crippen molar-refractivity contribution in [1.82, 2.24) is 25.4 Å². The minimum absolute atomic E-state index is 0. The maximum Gasteiger partial charge on any atom is 0.192 e. The molecule has 0 radical (unpaired) electrons. The monoisotopic (exact) mass is 494 g/mol. The molecular formula is C16H21Cl2IN6. The van der Waals surface area contributed by atoms with Gasteiger partial charge in [-0.05, 0) is 37.5 Å². The summed E-state index contributed by atoms with van der Waals surface area (Å²) in [5.41, 5.74) is 0.937. The smallest absolute Gasteiger partial charge is 0.192 e. The lowest BCUT2D eigenvalue weighted by molar-refractivity contribution is 0.713. The minimum atomic E-state index is 0. The van der Waals surface area contributed by atoms with Gasteiger partial charge in [-0.3, -0.25) is 0 Å². The summed E-state index contributed by atoms with van der Waals surface area (Å²) in [5, 5.41) is 16.2. The van der Waals surface area contributed by atoms with E-state index in [1.165, 1.54) is 12.8 Å². The SMILES string of the molecule is Cc1nnc(CNC(=NCc2ccc(Cl)cc2Cl)NC2CC2)n1C.I. The number of guanidine groups is 1. The maximum atomic E-state index is 6.21. The van der Waals surface area contributed by atoms with E-state index in [0.29, 0.717) is 29.2 Å². The van der Waals surface area contributed by atoms with E-state index < -0.39 is 0 Å². The van der Waals surface area contributed by atoms with Gasteiger partial charge in [0.25, 0.3) is 0 Å². The molecule has 2 N–H and O–H groups in total. The lowest BCUT2D eigenvalue weighted by Gasteiger charge is -2.12. The van der Waals surface area contributed by atoms with Crippen LogP contribution >= 0.6 is 47.2 Å². The summed E-state index contributed by atoms with van der Waals surface area (Å²) in [5.74, 6) is 2.50. The van der Waals surface area contributed by atoms with Gasteiger partial charge in [-0.25, -0.2) is 4.99 Å². The van der Waals surface area contributed by atoms with E-state index in [2.05, 4.69) is 25.8 Å². The van der Waals surface area contributed by atoms with Gasteiger partial charge in [0.15, 0.2) is 11.8 Å². The molecule has 0 bridgehead atoms. The number of hydrogen-bond acceptors (Lipinski definition) is 3. The third-order valence-corrected chi connectivity index (χ3v) is 4.52. The van der Waals surface area contributed by atoms with Crippen LogP contribution in [0.1, 0.15) is 30.1 Å². The molecule has 0 unspecified atom stereocenters. The first-order valence-electron chi connectivity index (χ1n) is 7.86. The number of hydrogen-bond donors (Lipinski definition) is 2. The molecule has 0 atom stereocenters. The Labute approximate surface area is 174 Å². The van der Waals surface area contributed by atoms with Gasteiger partial charge < -0.3 is 15.2 Å². The first-order valence-corrected chi connectivity index (χ1v) is 8.62. The molecule has 1 aliphatic rings. The Balaban J connectivity index is 0.00000225. The van der Waals surface area contributed by atoms with Gasteiger partial charge in [-0.1, -0.05) is 29.3 Å². The largest absolute Gasteiger partial charge is 0.354 e. The van der Waals surface area contributed by atoms with Gasteiger partial charge in [0.2, 0.25) is 0 Å². The van der Waals surface area contributed by atoms with E-state index in [-0.39, 0.29) is 24.0 Å². The van der Waals surface area contributed by atoms with Gasteiger partial charge >= 0.3 is 0 Å². The number of rotatable bonds is 5. The number of benzene rings is 1. The highest BCUT2D eigenvalue weighted by molar-refractivity contribution is 14.0. The molecule has 6 nitrogen and oxygen atoms in total. The highest BCUT2D eigenvalue weighted by Crippen LogP contribution is 2.22. The fourth-order valence-corrected chi connectivity index (χ4v) is 2.62. The number of nitrogens with one attached hydrogen (secondary N) is 2. The van der Waals surface area contributed by atoms with Crippen LogP contribution in [0.4, 0.5) is 0 Å². The van der Waals surface area contributed by atoms with E-state index >= 15 is 0 Å². The zero-order chi connectivity index (χ0) is 17.1. The average molecular weight is 495 g/mol. The zero-order valence-electron chi connectivity index (χ0n) is 14.1. The van der Waals surface area contributed by atoms with Crippen molar-refractivity contribution in [2.24, 2.45) is 12.0 Å². The molecule has 25 heavy (non-hydrogen) atoms. The van der Waals surface area contributed by atoms with Crippen molar-refractivity contribution in [1.29, 1.82) is 0 Å². The van der Waals surface area contributed by atoms with Crippen LogP contribution in [-0.4, -0.2) is 26.8 Å². The van der Waals surface area contributed by atoms with Crippen molar-refractivity contribution < 1.29 is 0 Å². The Morgan fingerprint density at radius 1 is 1.32 bits per heavy atom. The molecule has 1 fully saturated rings. The molecule has 1 heterocycles. The van der Waals surface area contributed by atoms with Crippen LogP contribution in [0, 0.1) is 6.92 Å². The molecule has 1 saturated carbocycles. The first-order chi connectivity index (χ1) is 11.5. The van der Waals surface area contributed by atoms with Gasteiger partial charge in [0, 0.05) is 23.1 Å². The summed E-state index contributed by atoms with van der Waals surface area (Å²) < 4.78 is 1.96. The Kier molecular flexibility index (Phi) is 7.33. The van der Waals surface area contributed by atoms with Crippen molar-refractivity contribution in [3.05, 3.63) is 45.5 Å². The molecule has 0 spiro atoms. The summed E-state index contributed by atoms with van der Waals surface area (Å²) in [7, 11) is 1.95. The quantitative estimate of drug-likeness (QED) is 0.379. The summed E-state index contributed by atoms with van der Waals surface area (Å²) in [6, 6.07) is 5.95. The molecule has 0 saturated heterocycles. The van der Waals surface area contributed by atoms with E-state index in [1.54, 1.807) is 6.07 Å². The predicted molar refractivity (Wildman–Crippen MR) is 112 cm³/mol. The first kappa shape index (κ1) is 20.3. The van der Waals surface area contributed by atoms with E-state index in [0.717, 1.165) is 23.2 Å². The lowest BCUT2D eigenvalue weighted by atomic mass is 10.2. The fourth-order valence-electron chi connectivity index (χ4n) is 2.16. The highest BCUT2D eigenvalue weighted by Gasteiger charge is 2.22. The minimum Gasteiger partial charge on any atom is -0.354 e. The summed E-state index contributed by atoms with van der Waals surface area (Å²) >= 11 is 12.1. The molecule has 0 amide bonds. The summed E-state index contributed by atoms with van der Waals surface area (Å²) in [4.78, 5) is 4.63. The Morgan fingerprint density at radius 3 is 2.68 bits per heavy atom. The second kappa shape index (κ2) is 9.05. The third-order valence-electron chi connectivity index (χ3n) is 3.94. The van der Waals surface area contributed by atoms with Crippen molar-refractivity contribution >= 4 is 53.1 Å². The van der Waals surface area contributed by atoms with Crippen molar-refractivity contribution in [2.45, 2.75) is 38.9 Å². The van der Waals surface area contributed by atoms with Gasteiger partial charge in [0.1, 0.15) is 5.82 Å². The van der Waals surface area contributed by atoms with Gasteiger partial charge in [-0.2, -0.15) is 0 Å². The molecule has 1 aliphatic carbocycles. The number of aromatic nitrogens is 3. The average Bonchev–Trinajstić information content (AvgIpc) is 3.31. The van der Waals surface area contributed by atoms with Crippen molar-refractivity contribution in [3.8, 4) is 0 Å². The molecule has 1 aromatic carbocycles. The van der Waals surface area contributed by atoms with Crippen LogP contribution in [-0.2, 0) is 20.1 Å². The number of nitrogens with zero attached hydrogens (tertiary/aromatic N) is 4.